The average molecular weight is 390 g/mol. The topological polar surface area (TPSA) is 78.1 Å². The van der Waals surface area contributed by atoms with E-state index in [1.807, 2.05) is 48.5 Å². The molecule has 1 fully saturated rings. The predicted octanol–water partition coefficient (Wildman–Crippen LogP) is 3.75. The van der Waals surface area contributed by atoms with Gasteiger partial charge in [0.2, 0.25) is 11.8 Å². The van der Waals surface area contributed by atoms with Crippen LogP contribution in [0.25, 0.3) is 11.0 Å². The summed E-state index contributed by atoms with van der Waals surface area (Å²) in [5, 5.41) is 3.12. The van der Waals surface area contributed by atoms with Crippen LogP contribution in [0.1, 0.15) is 44.1 Å². The second kappa shape index (κ2) is 8.07. The van der Waals surface area contributed by atoms with Crippen molar-refractivity contribution in [2.75, 3.05) is 11.4 Å². The highest BCUT2D eigenvalue weighted by atomic mass is 16.2. The van der Waals surface area contributed by atoms with E-state index in [1.165, 1.54) is 0 Å². The van der Waals surface area contributed by atoms with Gasteiger partial charge >= 0.3 is 0 Å². The molecule has 150 valence electrons. The fourth-order valence-corrected chi connectivity index (χ4v) is 3.80. The number of carbonyl (C=O) groups excluding carboxylic acids is 2. The summed E-state index contributed by atoms with van der Waals surface area (Å²) >= 11 is 0. The number of aromatic nitrogens is 2. The molecule has 2 N–H and O–H groups in total. The highest BCUT2D eigenvalue weighted by Crippen LogP contribution is 2.24. The van der Waals surface area contributed by atoms with Gasteiger partial charge in [0.15, 0.2) is 0 Å². The van der Waals surface area contributed by atoms with Crippen LogP contribution >= 0.6 is 0 Å². The summed E-state index contributed by atoms with van der Waals surface area (Å²) in [6, 6.07) is 15.4. The molecule has 0 saturated carbocycles. The molecule has 0 unspecified atom stereocenters. The third kappa shape index (κ3) is 4.16. The molecule has 2 aromatic carbocycles. The predicted molar refractivity (Wildman–Crippen MR) is 114 cm³/mol. The number of H-pyrrole nitrogens is 1. The van der Waals surface area contributed by atoms with Gasteiger partial charge in [-0.15, -0.1) is 0 Å². The zero-order valence-electron chi connectivity index (χ0n) is 16.8. The first-order valence-electron chi connectivity index (χ1n) is 10.1. The van der Waals surface area contributed by atoms with Crippen LogP contribution in [0, 0.1) is 5.92 Å². The normalized spacial score (nSPS) is 15.3. The molecule has 4 rings (SSSR count). The fraction of sp³-hybridized carbons (Fsp3) is 0.348. The van der Waals surface area contributed by atoms with Crippen molar-refractivity contribution in [3.63, 3.8) is 0 Å². The Hall–Kier alpha value is -3.15. The summed E-state index contributed by atoms with van der Waals surface area (Å²) in [7, 11) is 0. The molecule has 2 amide bonds. The first kappa shape index (κ1) is 19.2. The van der Waals surface area contributed by atoms with Crippen molar-refractivity contribution < 1.29 is 9.59 Å². The highest BCUT2D eigenvalue weighted by Gasteiger charge is 2.23. The summed E-state index contributed by atoms with van der Waals surface area (Å²) < 4.78 is 0. The third-order valence-electron chi connectivity index (χ3n) is 5.37. The Morgan fingerprint density at radius 2 is 1.93 bits per heavy atom. The molecule has 1 aliphatic rings. The number of imidazole rings is 1. The molecule has 3 aromatic rings. The van der Waals surface area contributed by atoms with Crippen molar-refractivity contribution >= 4 is 28.5 Å². The Bertz CT molecular complexity index is 990. The third-order valence-corrected chi connectivity index (χ3v) is 5.37. The van der Waals surface area contributed by atoms with E-state index < -0.39 is 0 Å². The lowest BCUT2D eigenvalue weighted by molar-refractivity contribution is -0.121. The lowest BCUT2D eigenvalue weighted by Crippen LogP contribution is -2.33. The van der Waals surface area contributed by atoms with Gasteiger partial charge in [-0.1, -0.05) is 38.1 Å². The molecule has 6 nitrogen and oxygen atoms in total. The maximum atomic E-state index is 12.7. The first-order chi connectivity index (χ1) is 14.0. The molecule has 1 aromatic heterocycles. The number of fused-ring (bicyclic) bond motifs is 1. The molecule has 1 aliphatic heterocycles. The van der Waals surface area contributed by atoms with E-state index in [-0.39, 0.29) is 30.2 Å². The summed E-state index contributed by atoms with van der Waals surface area (Å²) in [6.45, 7) is 4.91. The van der Waals surface area contributed by atoms with Crippen LogP contribution in [-0.4, -0.2) is 28.3 Å². The van der Waals surface area contributed by atoms with Crippen LogP contribution in [0.3, 0.4) is 0 Å². The van der Waals surface area contributed by atoms with Gasteiger partial charge in [0.1, 0.15) is 5.82 Å². The number of carbonyl (C=O) groups is 2. The van der Waals surface area contributed by atoms with E-state index in [9.17, 15) is 9.59 Å². The van der Waals surface area contributed by atoms with E-state index in [0.717, 1.165) is 41.1 Å². The molecule has 6 heteroatoms. The molecule has 0 spiro atoms. The number of para-hydroxylation sites is 2. The quantitative estimate of drug-likeness (QED) is 0.673. The Labute approximate surface area is 170 Å². The highest BCUT2D eigenvalue weighted by molar-refractivity contribution is 5.95. The van der Waals surface area contributed by atoms with Crippen LogP contribution in [-0.2, 0) is 16.0 Å². The Morgan fingerprint density at radius 1 is 1.17 bits per heavy atom. The number of amides is 2. The minimum absolute atomic E-state index is 0.0471. The molecular formula is C23H26N4O2. The van der Waals surface area contributed by atoms with E-state index in [0.29, 0.717) is 6.42 Å². The van der Waals surface area contributed by atoms with Gasteiger partial charge in [-0.25, -0.2) is 4.98 Å². The Balaban J connectivity index is 1.43. The van der Waals surface area contributed by atoms with Gasteiger partial charge < -0.3 is 15.2 Å². The minimum atomic E-state index is -0.184. The average Bonchev–Trinajstić information content (AvgIpc) is 3.32. The van der Waals surface area contributed by atoms with Crippen molar-refractivity contribution in [3.05, 3.63) is 59.9 Å². The van der Waals surface area contributed by atoms with Gasteiger partial charge in [0, 0.05) is 18.7 Å². The zero-order valence-corrected chi connectivity index (χ0v) is 16.8. The standard InChI is InChI=1S/C23H26N4O2/c1-15(2)22(23-24-18-6-3-4-7-19(18)25-23)26-20(28)14-16-9-11-17(12-10-16)27-13-5-8-21(27)29/h3-4,6-7,9-12,15,22H,5,8,13-14H2,1-2H3,(H,24,25)(H,26,28)/t22-/m0/s1. The van der Waals surface area contributed by atoms with Gasteiger partial charge in [0.05, 0.1) is 23.5 Å². The molecule has 1 saturated heterocycles. The number of rotatable bonds is 6. The van der Waals surface area contributed by atoms with Crippen LogP contribution < -0.4 is 10.2 Å². The number of hydrogen-bond acceptors (Lipinski definition) is 3. The number of aromatic amines is 1. The molecule has 0 aliphatic carbocycles. The number of nitrogens with one attached hydrogen (secondary N) is 2. The number of anilines is 1. The van der Waals surface area contributed by atoms with E-state index in [1.54, 1.807) is 4.90 Å². The first-order valence-corrected chi connectivity index (χ1v) is 10.1. The lowest BCUT2D eigenvalue weighted by atomic mass is 10.0. The zero-order chi connectivity index (χ0) is 20.4. The van der Waals surface area contributed by atoms with Gasteiger partial charge in [-0.3, -0.25) is 9.59 Å². The minimum Gasteiger partial charge on any atom is -0.346 e. The Morgan fingerprint density at radius 3 is 2.59 bits per heavy atom. The summed E-state index contributed by atoms with van der Waals surface area (Å²) in [4.78, 5) is 34.3. The summed E-state index contributed by atoms with van der Waals surface area (Å²) in [5.41, 5.74) is 3.69. The molecule has 0 bridgehead atoms. The molecule has 0 radical (unpaired) electrons. The molecule has 2 heterocycles. The maximum absolute atomic E-state index is 12.7. The largest absolute Gasteiger partial charge is 0.346 e. The monoisotopic (exact) mass is 390 g/mol. The van der Waals surface area contributed by atoms with Gasteiger partial charge in [-0.2, -0.15) is 0 Å². The van der Waals surface area contributed by atoms with Crippen LogP contribution in [0.2, 0.25) is 0 Å². The van der Waals surface area contributed by atoms with Crippen molar-refractivity contribution in [1.82, 2.24) is 15.3 Å². The SMILES string of the molecule is CC(C)[C@H](NC(=O)Cc1ccc(N2CCCC2=O)cc1)c1nc2ccccc2[nH]1. The van der Waals surface area contributed by atoms with E-state index in [4.69, 9.17) is 0 Å². The van der Waals surface area contributed by atoms with Crippen molar-refractivity contribution in [3.8, 4) is 0 Å². The van der Waals surface area contributed by atoms with E-state index in [2.05, 4.69) is 29.1 Å². The Kier molecular flexibility index (Phi) is 5.34. The number of hydrogen-bond donors (Lipinski definition) is 2. The number of nitrogens with zero attached hydrogens (tertiary/aromatic N) is 2. The van der Waals surface area contributed by atoms with Gasteiger partial charge in [0.25, 0.3) is 0 Å². The number of benzene rings is 2. The fourth-order valence-electron chi connectivity index (χ4n) is 3.80. The van der Waals surface area contributed by atoms with Crippen LogP contribution in [0.15, 0.2) is 48.5 Å². The molecule has 29 heavy (non-hydrogen) atoms. The second-order valence-corrected chi connectivity index (χ2v) is 7.92. The van der Waals surface area contributed by atoms with Crippen LogP contribution in [0.4, 0.5) is 5.69 Å². The van der Waals surface area contributed by atoms with Crippen molar-refractivity contribution in [1.29, 1.82) is 0 Å². The summed E-state index contributed by atoms with van der Waals surface area (Å²) in [5.74, 6) is 1.09. The van der Waals surface area contributed by atoms with Crippen molar-refractivity contribution in [2.24, 2.45) is 5.92 Å². The van der Waals surface area contributed by atoms with Gasteiger partial charge in [-0.05, 0) is 42.2 Å². The maximum Gasteiger partial charge on any atom is 0.227 e. The van der Waals surface area contributed by atoms with E-state index >= 15 is 0 Å². The lowest BCUT2D eigenvalue weighted by Gasteiger charge is -2.20. The summed E-state index contributed by atoms with van der Waals surface area (Å²) in [6.07, 6.45) is 1.81. The smallest absolute Gasteiger partial charge is 0.227 e. The molecule has 1 atom stereocenters. The second-order valence-electron chi connectivity index (χ2n) is 7.92. The molecular weight excluding hydrogens is 364 g/mol. The van der Waals surface area contributed by atoms with Crippen LogP contribution in [0.5, 0.6) is 0 Å². The van der Waals surface area contributed by atoms with Crippen molar-refractivity contribution in [2.45, 2.75) is 39.2 Å².